The first-order chi connectivity index (χ1) is 7.74. The summed E-state index contributed by atoms with van der Waals surface area (Å²) in [6, 6.07) is 6.97. The highest BCUT2D eigenvalue weighted by molar-refractivity contribution is 5.96. The molecular formula is C13H16N2O. The van der Waals surface area contributed by atoms with Crippen molar-refractivity contribution in [1.82, 2.24) is 0 Å². The molecule has 0 unspecified atom stereocenters. The summed E-state index contributed by atoms with van der Waals surface area (Å²) in [6.07, 6.45) is 3.13. The lowest BCUT2D eigenvalue weighted by molar-refractivity contribution is -0.115. The molecule has 3 nitrogen and oxygen atoms in total. The molecule has 84 valence electrons. The number of fused-ring (bicyclic) bond motifs is 1. The summed E-state index contributed by atoms with van der Waals surface area (Å²) in [5.41, 5.74) is 3.37. The third kappa shape index (κ3) is 1.66. The van der Waals surface area contributed by atoms with Crippen LogP contribution in [0, 0.1) is 6.92 Å². The number of rotatable bonds is 1. The lowest BCUT2D eigenvalue weighted by Crippen LogP contribution is -2.26. The maximum absolute atomic E-state index is 11.6. The molecule has 0 radical (unpaired) electrons. The molecule has 1 fully saturated rings. The van der Waals surface area contributed by atoms with Gasteiger partial charge in [-0.2, -0.15) is 0 Å². The molecule has 1 aliphatic carbocycles. The number of aryl methyl sites for hydroxylation is 1. The zero-order valence-electron chi connectivity index (χ0n) is 9.49. The fraction of sp³-hybridized carbons (Fsp3) is 0.462. The van der Waals surface area contributed by atoms with Crippen molar-refractivity contribution < 1.29 is 4.79 Å². The van der Waals surface area contributed by atoms with Crippen LogP contribution in [-0.4, -0.2) is 18.5 Å². The van der Waals surface area contributed by atoms with E-state index in [4.69, 9.17) is 0 Å². The number of carbonyl (C=O) groups is 1. The Morgan fingerprint density at radius 3 is 2.94 bits per heavy atom. The van der Waals surface area contributed by atoms with E-state index in [1.807, 2.05) is 0 Å². The van der Waals surface area contributed by atoms with Gasteiger partial charge in [-0.15, -0.1) is 0 Å². The van der Waals surface area contributed by atoms with Gasteiger partial charge in [-0.05, 0) is 37.5 Å². The number of anilines is 2. The highest BCUT2D eigenvalue weighted by Gasteiger charge is 2.32. The highest BCUT2D eigenvalue weighted by Crippen LogP contribution is 2.37. The zero-order valence-corrected chi connectivity index (χ0v) is 9.49. The molecule has 1 aromatic carbocycles. The third-order valence-corrected chi connectivity index (χ3v) is 3.30. The first-order valence-corrected chi connectivity index (χ1v) is 5.91. The Kier molecular flexibility index (Phi) is 2.13. The minimum atomic E-state index is 0.134. The fourth-order valence-corrected chi connectivity index (χ4v) is 2.32. The van der Waals surface area contributed by atoms with Gasteiger partial charge in [-0.25, -0.2) is 0 Å². The maximum Gasteiger partial charge on any atom is 0.226 e. The molecule has 1 heterocycles. The molecule has 1 saturated carbocycles. The quantitative estimate of drug-likeness (QED) is 0.781. The van der Waals surface area contributed by atoms with E-state index in [0.29, 0.717) is 12.5 Å². The highest BCUT2D eigenvalue weighted by atomic mass is 16.1. The lowest BCUT2D eigenvalue weighted by atomic mass is 10.1. The van der Waals surface area contributed by atoms with Crippen LogP contribution in [0.3, 0.4) is 0 Å². The van der Waals surface area contributed by atoms with E-state index in [2.05, 4.69) is 35.3 Å². The maximum atomic E-state index is 11.6. The Labute approximate surface area is 95.4 Å². The van der Waals surface area contributed by atoms with Crippen molar-refractivity contribution in [3.63, 3.8) is 0 Å². The van der Waals surface area contributed by atoms with E-state index in [0.717, 1.165) is 12.2 Å². The Balaban J connectivity index is 2.04. The fourth-order valence-electron chi connectivity index (χ4n) is 2.32. The van der Waals surface area contributed by atoms with Crippen LogP contribution in [0.15, 0.2) is 18.2 Å². The molecule has 0 spiro atoms. The first-order valence-electron chi connectivity index (χ1n) is 5.91. The summed E-state index contributed by atoms with van der Waals surface area (Å²) in [7, 11) is 0. The number of benzene rings is 1. The van der Waals surface area contributed by atoms with Crippen LogP contribution < -0.4 is 10.2 Å². The van der Waals surface area contributed by atoms with Gasteiger partial charge in [0.25, 0.3) is 0 Å². The van der Waals surface area contributed by atoms with Crippen molar-refractivity contribution in [2.75, 3.05) is 16.8 Å². The second-order valence-corrected chi connectivity index (χ2v) is 4.74. The smallest absolute Gasteiger partial charge is 0.226 e. The summed E-state index contributed by atoms with van der Waals surface area (Å²) in [6.45, 7) is 2.91. The van der Waals surface area contributed by atoms with Gasteiger partial charge in [0.05, 0.1) is 11.4 Å². The monoisotopic (exact) mass is 216 g/mol. The molecule has 3 heteroatoms. The zero-order chi connectivity index (χ0) is 11.1. The normalized spacial score (nSPS) is 20.1. The second-order valence-electron chi connectivity index (χ2n) is 4.74. The Bertz CT molecular complexity index is 438. The molecule has 1 aliphatic heterocycles. The van der Waals surface area contributed by atoms with Crippen LogP contribution >= 0.6 is 0 Å². The van der Waals surface area contributed by atoms with Crippen LogP contribution in [0.2, 0.25) is 0 Å². The predicted molar refractivity (Wildman–Crippen MR) is 64.8 cm³/mol. The van der Waals surface area contributed by atoms with E-state index < -0.39 is 0 Å². The van der Waals surface area contributed by atoms with Crippen LogP contribution in [0.25, 0.3) is 0 Å². The molecule has 1 N–H and O–H groups in total. The van der Waals surface area contributed by atoms with E-state index in [-0.39, 0.29) is 5.91 Å². The van der Waals surface area contributed by atoms with E-state index >= 15 is 0 Å². The van der Waals surface area contributed by atoms with Crippen molar-refractivity contribution in [2.24, 2.45) is 0 Å². The Morgan fingerprint density at radius 2 is 2.19 bits per heavy atom. The molecule has 1 aromatic rings. The number of amides is 1. The predicted octanol–water partition coefficient (Wildman–Crippen LogP) is 2.31. The number of nitrogens with zero attached hydrogens (tertiary/aromatic N) is 1. The third-order valence-electron chi connectivity index (χ3n) is 3.30. The summed E-state index contributed by atoms with van der Waals surface area (Å²) >= 11 is 0. The lowest BCUT2D eigenvalue weighted by Gasteiger charge is -2.23. The molecule has 2 aliphatic rings. The van der Waals surface area contributed by atoms with Crippen molar-refractivity contribution in [3.05, 3.63) is 23.8 Å². The van der Waals surface area contributed by atoms with Crippen LogP contribution in [0.1, 0.15) is 24.8 Å². The largest absolute Gasteiger partial charge is 0.366 e. The van der Waals surface area contributed by atoms with Gasteiger partial charge in [0.2, 0.25) is 5.91 Å². The van der Waals surface area contributed by atoms with Gasteiger partial charge in [0.15, 0.2) is 0 Å². The van der Waals surface area contributed by atoms with Gasteiger partial charge in [-0.3, -0.25) is 4.79 Å². The molecule has 0 atom stereocenters. The van der Waals surface area contributed by atoms with Crippen molar-refractivity contribution in [2.45, 2.75) is 32.2 Å². The standard InChI is InChI=1S/C13H16N2O/c1-9-2-5-12-11(8-9)14-13(16)6-7-15(12)10-3-4-10/h2,5,8,10H,3-4,6-7H2,1H3,(H,14,16). The Hall–Kier alpha value is -1.51. The number of nitrogens with one attached hydrogen (secondary N) is 1. The number of hydrogen-bond donors (Lipinski definition) is 1. The number of hydrogen-bond acceptors (Lipinski definition) is 2. The van der Waals surface area contributed by atoms with Crippen LogP contribution in [0.5, 0.6) is 0 Å². The van der Waals surface area contributed by atoms with Gasteiger partial charge in [0, 0.05) is 19.0 Å². The molecule has 0 aromatic heterocycles. The molecular weight excluding hydrogens is 200 g/mol. The first kappa shape index (κ1) is 9.70. The van der Waals surface area contributed by atoms with E-state index in [1.165, 1.54) is 24.1 Å². The summed E-state index contributed by atoms with van der Waals surface area (Å²) in [5.74, 6) is 0.134. The van der Waals surface area contributed by atoms with Crippen LogP contribution in [0.4, 0.5) is 11.4 Å². The Morgan fingerprint density at radius 1 is 1.38 bits per heavy atom. The second kappa shape index (κ2) is 3.51. The summed E-state index contributed by atoms with van der Waals surface area (Å²) < 4.78 is 0. The minimum absolute atomic E-state index is 0.134. The van der Waals surface area contributed by atoms with Gasteiger partial charge in [-0.1, -0.05) is 6.07 Å². The van der Waals surface area contributed by atoms with Crippen molar-refractivity contribution in [3.8, 4) is 0 Å². The van der Waals surface area contributed by atoms with E-state index in [9.17, 15) is 4.79 Å². The van der Waals surface area contributed by atoms with Crippen molar-refractivity contribution in [1.29, 1.82) is 0 Å². The topological polar surface area (TPSA) is 32.3 Å². The number of carbonyl (C=O) groups excluding carboxylic acids is 1. The van der Waals surface area contributed by atoms with Gasteiger partial charge in [0.1, 0.15) is 0 Å². The molecule has 1 amide bonds. The molecule has 0 bridgehead atoms. The average molecular weight is 216 g/mol. The van der Waals surface area contributed by atoms with Gasteiger partial charge >= 0.3 is 0 Å². The van der Waals surface area contributed by atoms with Crippen molar-refractivity contribution >= 4 is 17.3 Å². The average Bonchev–Trinajstić information content (AvgIpc) is 3.03. The minimum Gasteiger partial charge on any atom is -0.366 e. The summed E-state index contributed by atoms with van der Waals surface area (Å²) in [5, 5.41) is 3.00. The van der Waals surface area contributed by atoms with E-state index in [1.54, 1.807) is 0 Å². The molecule has 3 rings (SSSR count). The molecule has 0 saturated heterocycles. The van der Waals surface area contributed by atoms with Gasteiger partial charge < -0.3 is 10.2 Å². The SMILES string of the molecule is Cc1ccc2c(c1)NC(=O)CCN2C1CC1. The molecule has 16 heavy (non-hydrogen) atoms. The van der Waals surface area contributed by atoms with Crippen LogP contribution in [-0.2, 0) is 4.79 Å². The summed E-state index contributed by atoms with van der Waals surface area (Å²) in [4.78, 5) is 14.0.